The van der Waals surface area contributed by atoms with E-state index in [1.165, 1.54) is 12.3 Å². The smallest absolute Gasteiger partial charge is 0.244 e. The van der Waals surface area contributed by atoms with Crippen LogP contribution in [0, 0.1) is 0 Å². The Morgan fingerprint density at radius 3 is 2.50 bits per heavy atom. The predicted molar refractivity (Wildman–Crippen MR) is 80.6 cm³/mol. The summed E-state index contributed by atoms with van der Waals surface area (Å²) in [7, 11) is -3.48. The number of hydrogen-bond donors (Lipinski definition) is 1. The van der Waals surface area contributed by atoms with Crippen LogP contribution in [-0.4, -0.2) is 37.3 Å². The van der Waals surface area contributed by atoms with Crippen molar-refractivity contribution in [1.29, 1.82) is 0 Å². The molecule has 1 N–H and O–H groups in total. The lowest BCUT2D eigenvalue weighted by Gasteiger charge is -2.20. The third-order valence-electron chi connectivity index (χ3n) is 3.36. The van der Waals surface area contributed by atoms with Gasteiger partial charge in [-0.1, -0.05) is 24.4 Å². The Bertz CT molecular complexity index is 555. The van der Waals surface area contributed by atoms with Gasteiger partial charge in [-0.15, -0.1) is 0 Å². The lowest BCUT2D eigenvalue weighted by atomic mass is 10.2. The van der Waals surface area contributed by atoms with Gasteiger partial charge in [-0.25, -0.2) is 13.4 Å². The molecule has 1 aromatic rings. The summed E-state index contributed by atoms with van der Waals surface area (Å²) in [4.78, 5) is 4.28. The van der Waals surface area contributed by atoms with Crippen molar-refractivity contribution in [3.05, 3.63) is 17.3 Å². The number of pyridine rings is 1. The number of halogens is 1. The summed E-state index contributed by atoms with van der Waals surface area (Å²) < 4.78 is 26.7. The van der Waals surface area contributed by atoms with Gasteiger partial charge < -0.3 is 5.32 Å². The fraction of sp³-hybridized carbons (Fsp3) is 0.615. The summed E-state index contributed by atoms with van der Waals surface area (Å²) in [5.74, 6) is 0.518. The zero-order valence-corrected chi connectivity index (χ0v) is 13.2. The maximum atomic E-state index is 12.6. The highest BCUT2D eigenvalue weighted by atomic mass is 35.5. The first-order valence-electron chi connectivity index (χ1n) is 6.95. The second-order valence-electron chi connectivity index (χ2n) is 4.85. The van der Waals surface area contributed by atoms with Gasteiger partial charge in [0.15, 0.2) is 0 Å². The molecule has 1 aliphatic rings. The zero-order valence-electron chi connectivity index (χ0n) is 11.6. The minimum Gasteiger partial charge on any atom is -0.369 e. The molecular formula is C13H20ClN3O2S. The predicted octanol–water partition coefficient (Wildman–Crippen LogP) is 2.73. The largest absolute Gasteiger partial charge is 0.369 e. The van der Waals surface area contributed by atoms with Crippen molar-refractivity contribution >= 4 is 27.4 Å². The van der Waals surface area contributed by atoms with Crippen LogP contribution in [0.4, 0.5) is 5.82 Å². The van der Waals surface area contributed by atoms with Gasteiger partial charge in [-0.2, -0.15) is 4.31 Å². The molecule has 1 aliphatic heterocycles. The molecule has 112 valence electrons. The number of anilines is 1. The first-order valence-corrected chi connectivity index (χ1v) is 8.77. The highest BCUT2D eigenvalue weighted by molar-refractivity contribution is 7.89. The van der Waals surface area contributed by atoms with E-state index < -0.39 is 10.0 Å². The summed E-state index contributed by atoms with van der Waals surface area (Å²) in [6.45, 7) is 3.77. The molecule has 0 aromatic carbocycles. The van der Waals surface area contributed by atoms with E-state index in [9.17, 15) is 8.42 Å². The van der Waals surface area contributed by atoms with Gasteiger partial charge in [0, 0.05) is 25.8 Å². The lowest BCUT2D eigenvalue weighted by molar-refractivity contribution is 0.423. The van der Waals surface area contributed by atoms with E-state index in [4.69, 9.17) is 11.6 Å². The number of aromatic nitrogens is 1. The fourth-order valence-corrected chi connectivity index (χ4v) is 4.08. The lowest BCUT2D eigenvalue weighted by Crippen LogP contribution is -2.32. The number of sulfonamides is 1. The highest BCUT2D eigenvalue weighted by Gasteiger charge is 2.26. The van der Waals surface area contributed by atoms with Crippen molar-refractivity contribution < 1.29 is 8.42 Å². The van der Waals surface area contributed by atoms with Crippen molar-refractivity contribution in [1.82, 2.24) is 9.29 Å². The number of nitrogens with one attached hydrogen (secondary N) is 1. The van der Waals surface area contributed by atoms with Crippen LogP contribution in [0.15, 0.2) is 17.2 Å². The number of hydrogen-bond acceptors (Lipinski definition) is 4. The average Bonchev–Trinajstić information content (AvgIpc) is 2.70. The molecule has 1 saturated heterocycles. The van der Waals surface area contributed by atoms with Crippen LogP contribution in [-0.2, 0) is 10.0 Å². The molecule has 0 amide bonds. The van der Waals surface area contributed by atoms with E-state index in [1.54, 1.807) is 4.31 Å². The summed E-state index contributed by atoms with van der Waals surface area (Å²) in [6, 6.07) is 1.48. The molecule has 0 saturated carbocycles. The van der Waals surface area contributed by atoms with Crippen molar-refractivity contribution in [2.45, 2.75) is 37.5 Å². The molecule has 2 heterocycles. The maximum Gasteiger partial charge on any atom is 0.244 e. The van der Waals surface area contributed by atoms with E-state index in [1.807, 2.05) is 6.92 Å². The van der Waals surface area contributed by atoms with Gasteiger partial charge in [0.25, 0.3) is 0 Å². The minimum atomic E-state index is -3.48. The quantitative estimate of drug-likeness (QED) is 0.927. The summed E-state index contributed by atoms with van der Waals surface area (Å²) in [6.07, 6.45) is 5.38. The van der Waals surface area contributed by atoms with Crippen LogP contribution >= 0.6 is 11.6 Å². The molecule has 7 heteroatoms. The SMILES string of the molecule is CCNc1ncc(S(=O)(=O)N2CCCCCC2)cc1Cl. The maximum absolute atomic E-state index is 12.6. The van der Waals surface area contributed by atoms with Crippen molar-refractivity contribution in [2.75, 3.05) is 25.0 Å². The molecule has 0 unspecified atom stereocenters. The van der Waals surface area contributed by atoms with E-state index >= 15 is 0 Å². The van der Waals surface area contributed by atoms with Gasteiger partial charge >= 0.3 is 0 Å². The molecule has 1 aromatic heterocycles. The molecule has 20 heavy (non-hydrogen) atoms. The molecule has 0 radical (unpaired) electrons. The topological polar surface area (TPSA) is 62.3 Å². The molecule has 5 nitrogen and oxygen atoms in total. The van der Waals surface area contributed by atoms with Crippen LogP contribution in [0.2, 0.25) is 5.02 Å². The van der Waals surface area contributed by atoms with Gasteiger partial charge in [0.2, 0.25) is 10.0 Å². The monoisotopic (exact) mass is 317 g/mol. The summed E-state index contributed by atoms with van der Waals surface area (Å²) in [5.41, 5.74) is 0. The molecule has 2 rings (SSSR count). The van der Waals surface area contributed by atoms with Crippen molar-refractivity contribution in [2.24, 2.45) is 0 Å². The molecule has 0 atom stereocenters. The first-order chi connectivity index (χ1) is 9.55. The van der Waals surface area contributed by atoms with Crippen LogP contribution in [0.5, 0.6) is 0 Å². The van der Waals surface area contributed by atoms with Gasteiger partial charge in [0.1, 0.15) is 10.7 Å². The van der Waals surface area contributed by atoms with E-state index in [2.05, 4.69) is 10.3 Å². The van der Waals surface area contributed by atoms with Gasteiger partial charge in [0.05, 0.1) is 5.02 Å². The standard InChI is InChI=1S/C13H20ClN3O2S/c1-2-15-13-12(14)9-11(10-16-13)20(18,19)17-7-5-3-4-6-8-17/h9-10H,2-8H2,1H3,(H,15,16). The third-order valence-corrected chi connectivity index (χ3v) is 5.52. The Morgan fingerprint density at radius 1 is 1.30 bits per heavy atom. The summed E-state index contributed by atoms with van der Waals surface area (Å²) >= 11 is 6.08. The molecule has 1 fully saturated rings. The van der Waals surface area contributed by atoms with Gasteiger partial charge in [-0.3, -0.25) is 0 Å². The van der Waals surface area contributed by atoms with Crippen molar-refractivity contribution in [3.63, 3.8) is 0 Å². The molecular weight excluding hydrogens is 298 g/mol. The molecule has 0 aliphatic carbocycles. The Morgan fingerprint density at radius 2 is 1.95 bits per heavy atom. The molecule has 0 bridgehead atoms. The minimum absolute atomic E-state index is 0.172. The number of nitrogens with zero attached hydrogens (tertiary/aromatic N) is 2. The Hall–Kier alpha value is -0.850. The van der Waals surface area contributed by atoms with E-state index in [0.717, 1.165) is 25.7 Å². The normalized spacial score (nSPS) is 17.7. The average molecular weight is 318 g/mol. The van der Waals surface area contributed by atoms with Gasteiger partial charge in [-0.05, 0) is 25.8 Å². The molecule has 0 spiro atoms. The Labute approximate surface area is 125 Å². The van der Waals surface area contributed by atoms with E-state index in [0.29, 0.717) is 30.5 Å². The van der Waals surface area contributed by atoms with E-state index in [-0.39, 0.29) is 4.90 Å². The highest BCUT2D eigenvalue weighted by Crippen LogP contribution is 2.25. The van der Waals surface area contributed by atoms with Crippen LogP contribution < -0.4 is 5.32 Å². The van der Waals surface area contributed by atoms with Crippen LogP contribution in [0.1, 0.15) is 32.6 Å². The third kappa shape index (κ3) is 3.42. The first kappa shape index (κ1) is 15.5. The second kappa shape index (κ2) is 6.74. The van der Waals surface area contributed by atoms with Crippen molar-refractivity contribution in [3.8, 4) is 0 Å². The number of rotatable bonds is 4. The summed E-state index contributed by atoms with van der Waals surface area (Å²) in [5, 5.41) is 3.33. The second-order valence-corrected chi connectivity index (χ2v) is 7.20. The zero-order chi connectivity index (χ0) is 14.6. The Balaban J connectivity index is 2.26. The van der Waals surface area contributed by atoms with Crippen LogP contribution in [0.25, 0.3) is 0 Å². The Kier molecular flexibility index (Phi) is 5.23. The van der Waals surface area contributed by atoms with Crippen LogP contribution in [0.3, 0.4) is 0 Å². The fourth-order valence-electron chi connectivity index (χ4n) is 2.29.